The monoisotopic (exact) mass is 612 g/mol. The molecule has 1 aliphatic rings. The summed E-state index contributed by atoms with van der Waals surface area (Å²) in [6.07, 6.45) is 1.19. The Balaban J connectivity index is 2.08. The van der Waals surface area contributed by atoms with Crippen molar-refractivity contribution >= 4 is 21.8 Å². The van der Waals surface area contributed by atoms with E-state index < -0.39 is 49.4 Å². The zero-order chi connectivity index (χ0) is 31.7. The number of alkyl halides is 3. The van der Waals surface area contributed by atoms with E-state index in [4.69, 9.17) is 5.73 Å². The first-order chi connectivity index (χ1) is 19.2. The van der Waals surface area contributed by atoms with Gasteiger partial charge in [0.2, 0.25) is 15.9 Å². The molecule has 1 saturated carbocycles. The number of nitrogens with one attached hydrogen (secondary N) is 2. The van der Waals surface area contributed by atoms with Crippen LogP contribution in [0, 0.1) is 11.3 Å². The number of sulfonamides is 1. The summed E-state index contributed by atoms with van der Waals surface area (Å²) in [7, 11) is -2.77. The molecule has 234 valence electrons. The number of hydrogen-bond acceptors (Lipinski definition) is 4. The molecule has 42 heavy (non-hydrogen) atoms. The van der Waals surface area contributed by atoms with Gasteiger partial charge in [-0.25, -0.2) is 13.1 Å². The summed E-state index contributed by atoms with van der Waals surface area (Å²) in [5, 5.41) is 2.80. The number of carbonyl (C=O) groups excluding carboxylic acids is 2. The lowest BCUT2D eigenvalue weighted by Crippen LogP contribution is -2.41. The van der Waals surface area contributed by atoms with Gasteiger partial charge in [-0.05, 0) is 63.3 Å². The van der Waals surface area contributed by atoms with E-state index in [1.54, 1.807) is 52.3 Å². The fourth-order valence-electron chi connectivity index (χ4n) is 5.34. The lowest BCUT2D eigenvalue weighted by atomic mass is 9.85. The highest BCUT2D eigenvalue weighted by molar-refractivity contribution is 7.89. The van der Waals surface area contributed by atoms with E-state index in [1.807, 2.05) is 0 Å². The highest BCUT2D eigenvalue weighted by Crippen LogP contribution is 2.39. The molecule has 1 heterocycles. The van der Waals surface area contributed by atoms with Crippen molar-refractivity contribution < 1.29 is 31.2 Å². The first kappa shape index (κ1) is 33.6. The normalized spacial score (nSPS) is 15.5. The molecule has 1 aromatic carbocycles. The fraction of sp³-hybridized carbons (Fsp3) is 0.600. The van der Waals surface area contributed by atoms with E-state index in [9.17, 15) is 31.2 Å². The van der Waals surface area contributed by atoms with Crippen molar-refractivity contribution in [1.29, 1.82) is 0 Å². The predicted molar refractivity (Wildman–Crippen MR) is 156 cm³/mol. The van der Waals surface area contributed by atoms with Gasteiger partial charge in [0.25, 0.3) is 5.91 Å². The number of nitrogens with two attached hydrogens (primary N) is 1. The van der Waals surface area contributed by atoms with Crippen molar-refractivity contribution in [3.05, 3.63) is 41.2 Å². The van der Waals surface area contributed by atoms with Crippen molar-refractivity contribution in [2.45, 2.75) is 96.2 Å². The number of rotatable bonds is 10. The molecular formula is C30H43F3N4O4S. The van der Waals surface area contributed by atoms with Crippen LogP contribution in [0.1, 0.15) is 94.9 Å². The van der Waals surface area contributed by atoms with Crippen LogP contribution in [-0.4, -0.2) is 36.9 Å². The molecule has 0 spiro atoms. The van der Waals surface area contributed by atoms with Gasteiger partial charge in [-0.3, -0.25) is 9.59 Å². The number of primary amides is 1. The van der Waals surface area contributed by atoms with Crippen LogP contribution in [0.3, 0.4) is 0 Å². The Bertz CT molecular complexity index is 1420. The molecule has 3 rings (SSSR count). The number of halogens is 3. The summed E-state index contributed by atoms with van der Waals surface area (Å²) in [6, 6.07) is 4.76. The van der Waals surface area contributed by atoms with Crippen LogP contribution in [0.4, 0.5) is 13.2 Å². The molecule has 1 aliphatic carbocycles. The highest BCUT2D eigenvalue weighted by atomic mass is 32.2. The number of aromatic nitrogens is 1. The van der Waals surface area contributed by atoms with Crippen LogP contribution in [0.2, 0.25) is 0 Å². The topological polar surface area (TPSA) is 123 Å². The van der Waals surface area contributed by atoms with Gasteiger partial charge in [0.05, 0.1) is 10.5 Å². The first-order valence-electron chi connectivity index (χ1n) is 14.3. The van der Waals surface area contributed by atoms with Crippen LogP contribution in [-0.2, 0) is 34.5 Å². The third kappa shape index (κ3) is 8.15. The van der Waals surface area contributed by atoms with Gasteiger partial charge in [0, 0.05) is 35.8 Å². The molecule has 2 amide bonds. The third-order valence-electron chi connectivity index (χ3n) is 7.83. The maximum absolute atomic E-state index is 14.3. The lowest BCUT2D eigenvalue weighted by molar-refractivity contribution is -0.139. The highest BCUT2D eigenvalue weighted by Gasteiger charge is 2.39. The first-order valence-corrected chi connectivity index (χ1v) is 15.7. The molecule has 0 atom stereocenters. The smallest absolute Gasteiger partial charge is 0.369 e. The minimum Gasteiger partial charge on any atom is -0.369 e. The Morgan fingerprint density at radius 1 is 1.02 bits per heavy atom. The van der Waals surface area contributed by atoms with Crippen molar-refractivity contribution in [2.75, 3.05) is 6.54 Å². The van der Waals surface area contributed by atoms with Crippen LogP contribution < -0.4 is 15.8 Å². The maximum atomic E-state index is 14.3. The standard InChI is InChI=1S/C30H43F3N4O4S/c1-28(2,3)36-42(40,41)25-13-12-20(17-22(25)30(31,32)33)21-18-24(26(38)35-15-14-29(4,5)27(34)39)37(6)23(21)16-19-10-8-7-9-11-19/h12-13,17-19,36H,7-11,14-16H2,1-6H3,(H2,34,39)(H,35,38). The minimum atomic E-state index is -4.94. The Morgan fingerprint density at radius 2 is 1.64 bits per heavy atom. The van der Waals surface area contributed by atoms with Crippen molar-refractivity contribution in [1.82, 2.24) is 14.6 Å². The molecule has 0 unspecified atom stereocenters. The Morgan fingerprint density at radius 3 is 2.19 bits per heavy atom. The molecule has 2 aromatic rings. The fourth-order valence-corrected chi connectivity index (χ4v) is 6.96. The molecular weight excluding hydrogens is 569 g/mol. The van der Waals surface area contributed by atoms with E-state index in [2.05, 4.69) is 10.0 Å². The van der Waals surface area contributed by atoms with Gasteiger partial charge < -0.3 is 15.6 Å². The molecule has 4 N–H and O–H groups in total. The summed E-state index contributed by atoms with van der Waals surface area (Å²) in [4.78, 5) is 24.0. The van der Waals surface area contributed by atoms with E-state index in [0.29, 0.717) is 30.0 Å². The number of hydrogen-bond donors (Lipinski definition) is 3. The van der Waals surface area contributed by atoms with Crippen LogP contribution in [0.5, 0.6) is 0 Å². The van der Waals surface area contributed by atoms with Crippen molar-refractivity contribution in [3.8, 4) is 11.1 Å². The average molecular weight is 613 g/mol. The third-order valence-corrected chi connectivity index (χ3v) is 9.64. The zero-order valence-electron chi connectivity index (χ0n) is 25.2. The van der Waals surface area contributed by atoms with Crippen LogP contribution in [0.25, 0.3) is 11.1 Å². The number of carbonyl (C=O) groups is 2. The van der Waals surface area contributed by atoms with Crippen LogP contribution in [0.15, 0.2) is 29.2 Å². The Labute approximate surface area is 246 Å². The second kappa shape index (κ2) is 12.4. The van der Waals surface area contributed by atoms with Crippen molar-refractivity contribution in [2.24, 2.45) is 24.1 Å². The second-order valence-electron chi connectivity index (χ2n) is 13.0. The summed E-state index contributed by atoms with van der Waals surface area (Å²) >= 11 is 0. The van der Waals surface area contributed by atoms with Gasteiger partial charge in [0.15, 0.2) is 0 Å². The second-order valence-corrected chi connectivity index (χ2v) is 14.6. The van der Waals surface area contributed by atoms with Gasteiger partial charge >= 0.3 is 6.18 Å². The van der Waals surface area contributed by atoms with Gasteiger partial charge in [-0.1, -0.05) is 52.0 Å². The van der Waals surface area contributed by atoms with Gasteiger partial charge in [-0.2, -0.15) is 13.2 Å². The largest absolute Gasteiger partial charge is 0.417 e. The van der Waals surface area contributed by atoms with E-state index >= 15 is 0 Å². The summed E-state index contributed by atoms with van der Waals surface area (Å²) in [5.41, 5.74) is 3.94. The quantitative estimate of drug-likeness (QED) is 0.326. The predicted octanol–water partition coefficient (Wildman–Crippen LogP) is 5.54. The van der Waals surface area contributed by atoms with Gasteiger partial charge in [-0.15, -0.1) is 0 Å². The molecule has 1 fully saturated rings. The molecule has 0 aliphatic heterocycles. The molecule has 8 nitrogen and oxygen atoms in total. The zero-order valence-corrected chi connectivity index (χ0v) is 26.1. The molecule has 1 aromatic heterocycles. The van der Waals surface area contributed by atoms with Crippen LogP contribution >= 0.6 is 0 Å². The maximum Gasteiger partial charge on any atom is 0.417 e. The van der Waals surface area contributed by atoms with Gasteiger partial charge in [0.1, 0.15) is 5.69 Å². The summed E-state index contributed by atoms with van der Waals surface area (Å²) in [6.45, 7) is 8.20. The number of nitrogens with zero attached hydrogens (tertiary/aromatic N) is 1. The van der Waals surface area contributed by atoms with E-state index in [-0.39, 0.29) is 17.8 Å². The molecule has 0 radical (unpaired) electrons. The molecule has 0 saturated heterocycles. The SMILES string of the molecule is Cn1c(C(=O)NCCC(C)(C)C(N)=O)cc(-c2ccc(S(=O)(=O)NC(C)(C)C)c(C(F)(F)F)c2)c1CC1CCCCC1. The molecule has 0 bridgehead atoms. The Hall–Kier alpha value is -2.86. The molecule has 12 heteroatoms. The van der Waals surface area contributed by atoms with Crippen molar-refractivity contribution in [3.63, 3.8) is 0 Å². The average Bonchev–Trinajstić information content (AvgIpc) is 3.18. The van der Waals surface area contributed by atoms with E-state index in [1.165, 1.54) is 6.07 Å². The number of benzene rings is 1. The Kier molecular flexibility index (Phi) is 9.93. The lowest BCUT2D eigenvalue weighted by Gasteiger charge is -2.24. The number of amides is 2. The summed E-state index contributed by atoms with van der Waals surface area (Å²) in [5.74, 6) is -0.606. The summed E-state index contributed by atoms with van der Waals surface area (Å²) < 4.78 is 72.8. The van der Waals surface area contributed by atoms with E-state index in [0.717, 1.165) is 44.2 Å². The minimum absolute atomic E-state index is 0.173.